The van der Waals surface area contributed by atoms with E-state index >= 15 is 0 Å². The zero-order valence-electron chi connectivity index (χ0n) is 30.5. The Balaban J connectivity index is 0.00000290. The van der Waals surface area contributed by atoms with E-state index in [0.29, 0.717) is 28.7 Å². The van der Waals surface area contributed by atoms with E-state index in [0.717, 1.165) is 24.3 Å². The van der Waals surface area contributed by atoms with Gasteiger partial charge in [-0.25, -0.2) is 8.42 Å². The summed E-state index contributed by atoms with van der Waals surface area (Å²) in [6.45, 7) is 2.45. The van der Waals surface area contributed by atoms with Crippen molar-refractivity contribution in [2.45, 2.75) is 21.6 Å². The van der Waals surface area contributed by atoms with Crippen LogP contribution in [0.4, 0.5) is 34.1 Å². The maximum Gasteiger partial charge on any atom is 1.00 e. The number of benzene rings is 6. The minimum absolute atomic E-state index is 0. The van der Waals surface area contributed by atoms with Crippen molar-refractivity contribution in [3.05, 3.63) is 91.0 Å². The van der Waals surface area contributed by atoms with E-state index in [1.165, 1.54) is 12.1 Å². The van der Waals surface area contributed by atoms with E-state index in [4.69, 9.17) is 5.73 Å². The second-order valence-electron chi connectivity index (χ2n) is 11.6. The van der Waals surface area contributed by atoms with Gasteiger partial charge in [0, 0.05) is 17.9 Å². The first-order valence-corrected chi connectivity index (χ1v) is 19.7. The molecule has 6 rings (SSSR count). The van der Waals surface area contributed by atoms with Crippen LogP contribution in [0.3, 0.4) is 0 Å². The third-order valence-corrected chi connectivity index (χ3v) is 10.5. The number of nitrogen functional groups attached to an aromatic ring is 1. The van der Waals surface area contributed by atoms with Gasteiger partial charge in [-0.3, -0.25) is 9.11 Å². The molecule has 0 aliphatic rings. The number of rotatable bonds is 10. The van der Waals surface area contributed by atoms with Gasteiger partial charge >= 0.3 is 88.7 Å². The summed E-state index contributed by atoms with van der Waals surface area (Å²) in [6.07, 6.45) is 0. The van der Waals surface area contributed by atoms with Crippen LogP contribution in [0.2, 0.25) is 0 Å². The van der Waals surface area contributed by atoms with Crippen molar-refractivity contribution in [1.82, 2.24) is 0 Å². The number of hydrogen-bond donors (Lipinski definition) is 4. The minimum Gasteiger partial charge on any atom is -0.871 e. The maximum absolute atomic E-state index is 13.3. The molecule has 0 fully saturated rings. The molecule has 0 saturated heterocycles. The minimum atomic E-state index is -5.10. The number of hydrogen-bond acceptors (Lipinski definition) is 15. The van der Waals surface area contributed by atoms with E-state index in [9.17, 15) is 49.1 Å². The molecule has 0 aromatic heterocycles. The van der Waals surface area contributed by atoms with Crippen LogP contribution in [-0.2, 0) is 30.4 Å². The van der Waals surface area contributed by atoms with Gasteiger partial charge in [0.05, 0.1) is 27.6 Å². The molecular weight excluding hydrogens is 834 g/mol. The summed E-state index contributed by atoms with van der Waals surface area (Å²) in [4.78, 5) is -2.49. The number of nitrogens with one attached hydrogen (secondary N) is 1. The molecule has 0 heterocycles. The molecule has 0 atom stereocenters. The Bertz CT molecular complexity index is 2900. The Morgan fingerprint density at radius 3 is 1.56 bits per heavy atom. The first-order valence-electron chi connectivity index (χ1n) is 15.4. The quantitative estimate of drug-likeness (QED) is 0.0465. The van der Waals surface area contributed by atoms with E-state index in [1.54, 1.807) is 54.6 Å². The summed E-state index contributed by atoms with van der Waals surface area (Å²) in [5, 5.41) is 45.0. The predicted molar refractivity (Wildman–Crippen MR) is 193 cm³/mol. The molecule has 6 aromatic rings. The van der Waals surface area contributed by atoms with Crippen molar-refractivity contribution in [3.8, 4) is 22.6 Å². The van der Waals surface area contributed by atoms with Crippen LogP contribution in [0.25, 0.3) is 32.7 Å². The van der Waals surface area contributed by atoms with Gasteiger partial charge in [-0.2, -0.15) is 27.1 Å². The topological polar surface area (TPSA) is 300 Å². The molecule has 23 heteroatoms. The molecule has 0 unspecified atom stereocenters. The molecule has 0 bridgehead atoms. The fraction of sp³-hybridized carbons (Fsp3) is 0.0588. The third-order valence-electron chi connectivity index (χ3n) is 7.99. The van der Waals surface area contributed by atoms with Gasteiger partial charge in [0.2, 0.25) is 0 Å². The molecule has 5 N–H and O–H groups in total. The number of nitrogens with zero attached hydrogens (tertiary/aromatic N) is 4. The Labute approximate surface area is 392 Å². The Kier molecular flexibility index (Phi) is 16.0. The van der Waals surface area contributed by atoms with Gasteiger partial charge in [0.15, 0.2) is 0 Å². The van der Waals surface area contributed by atoms with Crippen LogP contribution in [0.15, 0.2) is 126 Å². The molecule has 0 spiro atoms. The Morgan fingerprint density at radius 1 is 0.632 bits per heavy atom. The molecule has 0 aliphatic heterocycles. The maximum atomic E-state index is 13.3. The van der Waals surface area contributed by atoms with Gasteiger partial charge in [-0.1, -0.05) is 41.8 Å². The fourth-order valence-corrected chi connectivity index (χ4v) is 7.35. The first kappa shape index (κ1) is 48.3. The van der Waals surface area contributed by atoms with Crippen molar-refractivity contribution < 1.29 is 138 Å². The molecule has 0 amide bonds. The summed E-state index contributed by atoms with van der Waals surface area (Å²) >= 11 is 0. The third kappa shape index (κ3) is 10.8. The zero-order chi connectivity index (χ0) is 39.2. The SMILES string of the molecule is CCNc1ccc2cc(S(=O)(=O)O)c(N=Nc3ccc(-c4ccc(N=Nc5c(S(=O)(=O)O)cc6cc(S(=O)(=O)[O-])cc(N)c6c5[O-])cc4)cc3)c([O-])c2c1.[Na+].[Na+].[Na+]. The van der Waals surface area contributed by atoms with Crippen LogP contribution in [0.1, 0.15) is 6.92 Å². The van der Waals surface area contributed by atoms with Crippen LogP contribution in [-0.4, -0.2) is 45.5 Å². The molecule has 278 valence electrons. The first-order chi connectivity index (χ1) is 25.3. The average Bonchev–Trinajstić information content (AvgIpc) is 3.10. The van der Waals surface area contributed by atoms with Crippen LogP contribution in [0, 0.1) is 0 Å². The number of azo groups is 2. The van der Waals surface area contributed by atoms with E-state index in [2.05, 4.69) is 25.8 Å². The normalized spacial score (nSPS) is 12.0. The summed E-state index contributed by atoms with van der Waals surface area (Å²) in [5.74, 6) is -1.83. The second kappa shape index (κ2) is 18.9. The Hall–Kier alpha value is -3.03. The summed E-state index contributed by atoms with van der Waals surface area (Å²) in [5.41, 5.74) is 6.39. The van der Waals surface area contributed by atoms with Gasteiger partial charge in [0.1, 0.15) is 19.9 Å². The van der Waals surface area contributed by atoms with E-state index in [-0.39, 0.29) is 116 Å². The molecule has 0 radical (unpaired) electrons. The largest absolute Gasteiger partial charge is 1.00 e. The van der Waals surface area contributed by atoms with Crippen molar-refractivity contribution in [2.75, 3.05) is 17.6 Å². The predicted octanol–water partition coefficient (Wildman–Crippen LogP) is -2.94. The molecule has 0 aliphatic carbocycles. The zero-order valence-corrected chi connectivity index (χ0v) is 39.0. The van der Waals surface area contributed by atoms with Crippen LogP contribution in [0.5, 0.6) is 11.5 Å². The monoisotopic (exact) mass is 858 g/mol. The van der Waals surface area contributed by atoms with Crippen molar-refractivity contribution in [1.29, 1.82) is 0 Å². The van der Waals surface area contributed by atoms with Gasteiger partial charge in [0.25, 0.3) is 20.2 Å². The van der Waals surface area contributed by atoms with Crippen molar-refractivity contribution >= 4 is 86.0 Å². The van der Waals surface area contributed by atoms with Gasteiger partial charge in [-0.15, -0.1) is 10.2 Å². The number of nitrogens with two attached hydrogens (primary N) is 1. The molecule has 57 heavy (non-hydrogen) atoms. The molecule has 6 aromatic carbocycles. The number of fused-ring (bicyclic) bond motifs is 2. The van der Waals surface area contributed by atoms with Gasteiger partial charge < -0.3 is 25.8 Å². The smallest absolute Gasteiger partial charge is 0.871 e. The summed E-state index contributed by atoms with van der Waals surface area (Å²) < 4.78 is 103. The second-order valence-corrected chi connectivity index (χ2v) is 15.7. The van der Waals surface area contributed by atoms with E-state index < -0.39 is 73.6 Å². The summed E-state index contributed by atoms with van der Waals surface area (Å²) in [6, 6.07) is 20.8. The van der Waals surface area contributed by atoms with E-state index in [1.807, 2.05) is 6.92 Å². The average molecular weight is 859 g/mol. The molecule has 17 nitrogen and oxygen atoms in total. The van der Waals surface area contributed by atoms with Crippen molar-refractivity contribution in [2.24, 2.45) is 20.5 Å². The molecular formula is C34H25N6Na3O11S3. The molecule has 0 saturated carbocycles. The Morgan fingerprint density at radius 2 is 1.11 bits per heavy atom. The number of anilines is 2. The van der Waals surface area contributed by atoms with Crippen LogP contribution >= 0.6 is 0 Å². The van der Waals surface area contributed by atoms with Gasteiger partial charge in [-0.05, 0) is 100 Å². The fourth-order valence-electron chi connectivity index (χ4n) is 5.50. The summed E-state index contributed by atoms with van der Waals surface area (Å²) in [7, 11) is -15.0. The van der Waals surface area contributed by atoms with Crippen LogP contribution < -0.4 is 110 Å². The van der Waals surface area contributed by atoms with Crippen molar-refractivity contribution in [3.63, 3.8) is 0 Å². The standard InChI is InChI=1S/C34H28N6O11S3.3Na/c1-2-36-24-12-7-20-14-28(53(46,47)48)31(33(41)26(20)16-24)39-37-22-8-3-18(4-9-22)19-5-10-23(11-6-19)38-40-32-29(54(49,50)51)15-21-13-25(52(43,44)45)17-27(35)30(21)34(32)42;;;/h3-17,36,41-42H,2,35H2,1H3,(H,43,44,45)(H,46,47,48)(H,49,50,51);;;/q;3*+1/p-3.